The molecule has 3 heterocycles. The fraction of sp³-hybridized carbons (Fsp3) is 0. The van der Waals surface area contributed by atoms with E-state index in [1.54, 1.807) is 0 Å². The summed E-state index contributed by atoms with van der Waals surface area (Å²) in [4.78, 5) is 16.4. The van der Waals surface area contributed by atoms with Crippen molar-refractivity contribution in [2.75, 3.05) is 0 Å². The molecule has 0 saturated heterocycles. The highest BCUT2D eigenvalue weighted by molar-refractivity contribution is 6.11. The molecule has 342 valence electrons. The van der Waals surface area contributed by atoms with Gasteiger partial charge in [0.1, 0.15) is 0 Å². The number of hydrogen-bond donors (Lipinski definition) is 0. The second kappa shape index (κ2) is 17.9. The smallest absolute Gasteiger partial charge is 0.166 e. The summed E-state index contributed by atoms with van der Waals surface area (Å²) in [5.41, 5.74) is 15.0. The molecule has 0 N–H and O–H groups in total. The Kier molecular flexibility index (Phi) is 10.5. The summed E-state index contributed by atoms with van der Waals surface area (Å²) in [6.45, 7) is 0. The van der Waals surface area contributed by atoms with Gasteiger partial charge in [-0.15, -0.1) is 0 Å². The summed E-state index contributed by atoms with van der Waals surface area (Å²) in [6, 6.07) is 84.3. The number of aromatic nitrogens is 5. The first-order valence-electron chi connectivity index (χ1n) is 24.2. The fourth-order valence-electron chi connectivity index (χ4n) is 10.5. The van der Waals surface area contributed by atoms with Crippen LogP contribution in [-0.2, 0) is 0 Å². The lowest BCUT2D eigenvalue weighted by molar-refractivity contribution is 1.06. The van der Waals surface area contributed by atoms with Gasteiger partial charge in [-0.2, -0.15) is 15.8 Å². The number of benzene rings is 10. The molecule has 0 saturated carbocycles. The van der Waals surface area contributed by atoms with Crippen molar-refractivity contribution >= 4 is 43.6 Å². The number of fused-ring (bicyclic) bond motifs is 6. The molecule has 0 unspecified atom stereocenters. The second-order valence-corrected chi connectivity index (χ2v) is 18.1. The number of hydrogen-bond acceptors (Lipinski definition) is 6. The van der Waals surface area contributed by atoms with Crippen molar-refractivity contribution in [2.45, 2.75) is 0 Å². The van der Waals surface area contributed by atoms with E-state index in [-0.39, 0.29) is 0 Å². The molecule has 74 heavy (non-hydrogen) atoms. The van der Waals surface area contributed by atoms with Crippen molar-refractivity contribution < 1.29 is 0 Å². The molecule has 8 heteroatoms. The number of nitrogens with zero attached hydrogens (tertiary/aromatic N) is 8. The molecular formula is C66H38N8. The van der Waals surface area contributed by atoms with Gasteiger partial charge in [0.25, 0.3) is 0 Å². The zero-order valence-electron chi connectivity index (χ0n) is 39.5. The van der Waals surface area contributed by atoms with Crippen LogP contribution in [0.5, 0.6) is 0 Å². The van der Waals surface area contributed by atoms with Crippen LogP contribution in [0.3, 0.4) is 0 Å². The molecule has 0 spiro atoms. The Morgan fingerprint density at radius 1 is 0.284 bits per heavy atom. The van der Waals surface area contributed by atoms with Crippen molar-refractivity contribution in [1.29, 1.82) is 15.8 Å². The topological polar surface area (TPSA) is 120 Å². The standard InChI is InChI=1S/C66H38N8/c67-39-42-14-11-17-44(34-42)46-30-32-56(62(37-46)73-58-26-7-3-22-52(58)53-23-4-8-27-59(53)73)65-70-64(49-20-13-19-48(36-49)51-21-2-1-16-50(51)41-69)71-66(72-65)57-33-31-47(45-18-12-15-43(35-45)40-68)38-63(57)74-60-28-9-5-24-54(60)55-25-6-10-29-61(55)74/h1-38H. The highest BCUT2D eigenvalue weighted by atomic mass is 15.1. The van der Waals surface area contributed by atoms with Crippen LogP contribution >= 0.6 is 0 Å². The maximum Gasteiger partial charge on any atom is 0.166 e. The SMILES string of the molecule is N#Cc1cccc(-c2ccc(-c3nc(-c4cccc(-c5ccccc5C#N)c4)nc(-c4ccc(-c5cccc(C#N)c5)cc4-n4c5ccccc5c5ccccc54)n3)c(-n3c4ccccc4c4ccccc43)c2)c1. The van der Waals surface area contributed by atoms with Gasteiger partial charge in [0, 0.05) is 38.2 Å². The molecule has 3 aromatic heterocycles. The molecule has 13 rings (SSSR count). The van der Waals surface area contributed by atoms with Crippen LogP contribution in [0.1, 0.15) is 16.7 Å². The summed E-state index contributed by atoms with van der Waals surface area (Å²) in [5.74, 6) is 1.33. The van der Waals surface area contributed by atoms with E-state index in [4.69, 9.17) is 15.0 Å². The Balaban J connectivity index is 1.13. The summed E-state index contributed by atoms with van der Waals surface area (Å²) in [5, 5.41) is 34.5. The van der Waals surface area contributed by atoms with Gasteiger partial charge in [-0.1, -0.05) is 146 Å². The molecule has 0 atom stereocenters. The summed E-state index contributed by atoms with van der Waals surface area (Å²) in [6.07, 6.45) is 0. The van der Waals surface area contributed by atoms with Crippen LogP contribution in [0, 0.1) is 34.0 Å². The van der Waals surface area contributed by atoms with E-state index in [0.29, 0.717) is 34.2 Å². The average molecular weight is 943 g/mol. The van der Waals surface area contributed by atoms with Crippen LogP contribution in [0.25, 0.3) is 123 Å². The summed E-state index contributed by atoms with van der Waals surface area (Å²) in [7, 11) is 0. The third-order valence-electron chi connectivity index (χ3n) is 13.9. The first kappa shape index (κ1) is 43.3. The molecule has 0 bridgehead atoms. The highest BCUT2D eigenvalue weighted by Crippen LogP contribution is 2.42. The quantitative estimate of drug-likeness (QED) is 0.150. The number of nitriles is 3. The zero-order chi connectivity index (χ0) is 49.7. The second-order valence-electron chi connectivity index (χ2n) is 18.1. The molecule has 0 radical (unpaired) electrons. The normalized spacial score (nSPS) is 11.2. The zero-order valence-corrected chi connectivity index (χ0v) is 39.5. The van der Waals surface area contributed by atoms with E-state index in [1.165, 1.54) is 0 Å². The molecule has 0 aliphatic carbocycles. The lowest BCUT2D eigenvalue weighted by Crippen LogP contribution is -2.06. The Labute approximate surface area is 425 Å². The molecule has 0 aliphatic heterocycles. The lowest BCUT2D eigenvalue weighted by atomic mass is 9.98. The van der Waals surface area contributed by atoms with Crippen molar-refractivity contribution in [3.63, 3.8) is 0 Å². The Bertz CT molecular complexity index is 4210. The molecule has 0 amide bonds. The van der Waals surface area contributed by atoms with Gasteiger partial charge in [-0.25, -0.2) is 15.0 Å². The van der Waals surface area contributed by atoms with Gasteiger partial charge in [0.15, 0.2) is 17.5 Å². The molecule has 0 fully saturated rings. The van der Waals surface area contributed by atoms with Gasteiger partial charge in [-0.05, 0) is 118 Å². The van der Waals surface area contributed by atoms with Crippen LogP contribution in [0.4, 0.5) is 0 Å². The van der Waals surface area contributed by atoms with E-state index in [9.17, 15) is 15.8 Å². The summed E-state index contributed by atoms with van der Waals surface area (Å²) >= 11 is 0. The van der Waals surface area contributed by atoms with E-state index in [2.05, 4.69) is 161 Å². The van der Waals surface area contributed by atoms with Crippen molar-refractivity contribution in [3.8, 4) is 97.1 Å². The predicted octanol–water partition coefficient (Wildman–Crippen LogP) is 15.7. The third kappa shape index (κ3) is 7.33. The number of para-hydroxylation sites is 4. The third-order valence-corrected chi connectivity index (χ3v) is 13.9. The van der Waals surface area contributed by atoms with E-state index in [0.717, 1.165) is 105 Å². The van der Waals surface area contributed by atoms with Gasteiger partial charge in [0.2, 0.25) is 0 Å². The van der Waals surface area contributed by atoms with Crippen LogP contribution in [-0.4, -0.2) is 24.1 Å². The van der Waals surface area contributed by atoms with Gasteiger partial charge in [-0.3, -0.25) is 0 Å². The van der Waals surface area contributed by atoms with Gasteiger partial charge < -0.3 is 9.13 Å². The van der Waals surface area contributed by atoms with E-state index >= 15 is 0 Å². The molecule has 13 aromatic rings. The summed E-state index contributed by atoms with van der Waals surface area (Å²) < 4.78 is 4.57. The predicted molar refractivity (Wildman–Crippen MR) is 295 cm³/mol. The maximum atomic E-state index is 10.2. The van der Waals surface area contributed by atoms with E-state index < -0.39 is 0 Å². The van der Waals surface area contributed by atoms with Crippen molar-refractivity contribution in [3.05, 3.63) is 247 Å². The lowest BCUT2D eigenvalue weighted by Gasteiger charge is -2.18. The first-order valence-corrected chi connectivity index (χ1v) is 24.2. The Morgan fingerprint density at radius 2 is 0.676 bits per heavy atom. The molecular weight excluding hydrogens is 905 g/mol. The number of rotatable bonds is 8. The van der Waals surface area contributed by atoms with E-state index in [1.807, 2.05) is 97.1 Å². The monoisotopic (exact) mass is 942 g/mol. The van der Waals surface area contributed by atoms with Crippen LogP contribution < -0.4 is 0 Å². The largest absolute Gasteiger partial charge is 0.308 e. The molecule has 10 aromatic carbocycles. The van der Waals surface area contributed by atoms with Gasteiger partial charge in [0.05, 0.1) is 68.3 Å². The molecule has 0 aliphatic rings. The maximum absolute atomic E-state index is 10.2. The van der Waals surface area contributed by atoms with Crippen LogP contribution in [0.15, 0.2) is 231 Å². The Morgan fingerprint density at radius 3 is 1.15 bits per heavy atom. The fourth-order valence-corrected chi connectivity index (χ4v) is 10.5. The minimum atomic E-state index is 0.444. The van der Waals surface area contributed by atoms with Crippen molar-refractivity contribution in [1.82, 2.24) is 24.1 Å². The minimum Gasteiger partial charge on any atom is -0.308 e. The van der Waals surface area contributed by atoms with Crippen LogP contribution in [0.2, 0.25) is 0 Å². The highest BCUT2D eigenvalue weighted by Gasteiger charge is 2.24. The first-order chi connectivity index (χ1) is 36.5. The molecule has 8 nitrogen and oxygen atoms in total. The minimum absolute atomic E-state index is 0.444. The van der Waals surface area contributed by atoms with Gasteiger partial charge >= 0.3 is 0 Å². The average Bonchev–Trinajstić information content (AvgIpc) is 4.00. The van der Waals surface area contributed by atoms with Crippen molar-refractivity contribution in [2.24, 2.45) is 0 Å². The Hall–Kier alpha value is -10.7.